The number of para-hydroxylation sites is 1. The number of hydrogen-bond acceptors (Lipinski definition) is 4. The summed E-state index contributed by atoms with van der Waals surface area (Å²) in [6, 6.07) is 14.5. The molecule has 3 amide bonds. The van der Waals surface area contributed by atoms with Gasteiger partial charge in [0.15, 0.2) is 0 Å². The van der Waals surface area contributed by atoms with E-state index in [0.29, 0.717) is 22.5 Å². The molecule has 4 N–H and O–H groups in total. The minimum atomic E-state index is -4.52. The molecular weight excluding hydrogens is 485 g/mol. The topological polar surface area (TPSA) is 114 Å². The monoisotopic (exact) mass is 514 g/mol. The molecule has 1 saturated carbocycles. The molecule has 0 bridgehead atoms. The van der Waals surface area contributed by atoms with E-state index >= 15 is 0 Å². The lowest BCUT2D eigenvalue weighted by Gasteiger charge is -2.26. The number of halogens is 3. The Kier molecular flexibility index (Phi) is 7.65. The first-order chi connectivity index (χ1) is 17.5. The number of alkyl halides is 3. The predicted molar refractivity (Wildman–Crippen MR) is 133 cm³/mol. The number of aliphatic imine (C=N–C) groups is 1. The molecule has 0 radical (unpaired) electrons. The second-order valence-electron chi connectivity index (χ2n) is 9.69. The molecule has 7 nitrogen and oxygen atoms in total. The van der Waals surface area contributed by atoms with E-state index < -0.39 is 54.7 Å². The molecule has 3 unspecified atom stereocenters. The number of benzodiazepines with no additional fused rings is 1. The van der Waals surface area contributed by atoms with E-state index in [1.54, 1.807) is 6.07 Å². The maximum absolute atomic E-state index is 13.4. The number of carbonyl (C=O) groups is 3. The standard InChI is InChI=1S/C27H29F3N4O3/c1-15-6-5-9-19-21(15)33-26(37)24(32-22(19)17-7-3-2-4-8-17)34-25(36)18(12-13-27(28,29)30)20(23(31)35)14-16-10-11-16/h2-9,16,18,20,24H,10-14H2,1H3,(H2,31,35)(H,33,37)(H,34,36). The van der Waals surface area contributed by atoms with E-state index in [2.05, 4.69) is 15.6 Å². The molecule has 1 fully saturated rings. The Hall–Kier alpha value is -3.69. The van der Waals surface area contributed by atoms with E-state index in [1.165, 1.54) is 0 Å². The van der Waals surface area contributed by atoms with Gasteiger partial charge in [0, 0.05) is 29.4 Å². The normalized spacial score (nSPS) is 19.1. The highest BCUT2D eigenvalue weighted by molar-refractivity contribution is 6.20. The number of nitrogens with zero attached hydrogens (tertiary/aromatic N) is 1. The maximum Gasteiger partial charge on any atom is 0.389 e. The molecular formula is C27H29F3N4O3. The first-order valence-corrected chi connectivity index (χ1v) is 12.2. The van der Waals surface area contributed by atoms with E-state index in [0.717, 1.165) is 18.4 Å². The maximum atomic E-state index is 13.4. The van der Waals surface area contributed by atoms with Crippen LogP contribution in [0.15, 0.2) is 53.5 Å². The number of primary amides is 1. The fourth-order valence-electron chi connectivity index (χ4n) is 4.67. The first-order valence-electron chi connectivity index (χ1n) is 12.2. The van der Waals surface area contributed by atoms with Crippen molar-refractivity contribution in [1.82, 2.24) is 5.32 Å². The van der Waals surface area contributed by atoms with E-state index in [1.807, 2.05) is 49.4 Å². The molecule has 0 saturated heterocycles. The van der Waals surface area contributed by atoms with Crippen LogP contribution in [0.1, 0.15) is 48.8 Å². The number of rotatable bonds is 9. The highest BCUT2D eigenvalue weighted by Crippen LogP contribution is 2.39. The lowest BCUT2D eigenvalue weighted by molar-refractivity contribution is -0.146. The van der Waals surface area contributed by atoms with Crippen LogP contribution in [-0.4, -0.2) is 35.8 Å². The predicted octanol–water partition coefficient (Wildman–Crippen LogP) is 4.09. The van der Waals surface area contributed by atoms with Crippen LogP contribution in [0.2, 0.25) is 0 Å². The number of carbonyl (C=O) groups excluding carboxylic acids is 3. The van der Waals surface area contributed by atoms with E-state index in [9.17, 15) is 27.6 Å². The third-order valence-electron chi connectivity index (χ3n) is 6.82. The molecule has 1 aliphatic carbocycles. The minimum absolute atomic E-state index is 0.153. The van der Waals surface area contributed by atoms with Crippen LogP contribution in [0.25, 0.3) is 0 Å². The molecule has 2 aliphatic rings. The number of fused-ring (bicyclic) bond motifs is 1. The Labute approximate surface area is 212 Å². The van der Waals surface area contributed by atoms with Gasteiger partial charge >= 0.3 is 6.18 Å². The number of nitrogens with two attached hydrogens (primary N) is 1. The van der Waals surface area contributed by atoms with Crippen molar-refractivity contribution in [2.24, 2.45) is 28.5 Å². The summed E-state index contributed by atoms with van der Waals surface area (Å²) in [6.07, 6.45) is -5.88. The van der Waals surface area contributed by atoms with Crippen LogP contribution in [-0.2, 0) is 14.4 Å². The fraction of sp³-hybridized carbons (Fsp3) is 0.407. The van der Waals surface area contributed by atoms with Crippen molar-refractivity contribution in [3.05, 3.63) is 65.2 Å². The van der Waals surface area contributed by atoms with Crippen molar-refractivity contribution in [1.29, 1.82) is 0 Å². The Balaban J connectivity index is 1.67. The average Bonchev–Trinajstić information content (AvgIpc) is 3.67. The smallest absolute Gasteiger partial charge is 0.369 e. The molecule has 1 aliphatic heterocycles. The minimum Gasteiger partial charge on any atom is -0.369 e. The molecule has 4 rings (SSSR count). The zero-order valence-electron chi connectivity index (χ0n) is 20.3. The molecule has 0 spiro atoms. The van der Waals surface area contributed by atoms with Crippen molar-refractivity contribution >= 4 is 29.1 Å². The van der Waals surface area contributed by atoms with Crippen molar-refractivity contribution in [2.45, 2.75) is 51.4 Å². The molecule has 0 aromatic heterocycles. The van der Waals surface area contributed by atoms with Crippen LogP contribution in [0.3, 0.4) is 0 Å². The van der Waals surface area contributed by atoms with E-state index in [4.69, 9.17) is 5.73 Å². The third kappa shape index (κ3) is 6.55. The van der Waals surface area contributed by atoms with Crippen LogP contribution < -0.4 is 16.4 Å². The third-order valence-corrected chi connectivity index (χ3v) is 6.82. The van der Waals surface area contributed by atoms with Gasteiger partial charge in [0.05, 0.1) is 11.4 Å². The van der Waals surface area contributed by atoms with Crippen LogP contribution in [0.5, 0.6) is 0 Å². The lowest BCUT2D eigenvalue weighted by atomic mass is 9.83. The van der Waals surface area contributed by atoms with Gasteiger partial charge in [0.2, 0.25) is 18.0 Å². The van der Waals surface area contributed by atoms with Gasteiger partial charge in [-0.2, -0.15) is 13.2 Å². The molecule has 1 heterocycles. The van der Waals surface area contributed by atoms with Gasteiger partial charge in [0.1, 0.15) is 0 Å². The summed E-state index contributed by atoms with van der Waals surface area (Å²) in [5.74, 6) is -4.57. The van der Waals surface area contributed by atoms with Crippen molar-refractivity contribution in [2.75, 3.05) is 5.32 Å². The average molecular weight is 515 g/mol. The Morgan fingerprint density at radius 3 is 2.43 bits per heavy atom. The summed E-state index contributed by atoms with van der Waals surface area (Å²) < 4.78 is 39.3. The Morgan fingerprint density at radius 1 is 1.11 bits per heavy atom. The lowest BCUT2D eigenvalue weighted by Crippen LogP contribution is -2.48. The second kappa shape index (κ2) is 10.7. The van der Waals surface area contributed by atoms with Gasteiger partial charge in [-0.05, 0) is 31.2 Å². The molecule has 3 atom stereocenters. The number of nitrogens with one attached hydrogen (secondary N) is 2. The van der Waals surface area contributed by atoms with Crippen LogP contribution in [0, 0.1) is 24.7 Å². The molecule has 2 aromatic carbocycles. The summed E-state index contributed by atoms with van der Waals surface area (Å²) in [7, 11) is 0. The molecule has 2 aromatic rings. The summed E-state index contributed by atoms with van der Waals surface area (Å²) in [6.45, 7) is 1.82. The van der Waals surface area contributed by atoms with Gasteiger partial charge in [-0.25, -0.2) is 4.99 Å². The SMILES string of the molecule is Cc1cccc2c1NC(=O)C(NC(=O)C(CCC(F)(F)F)C(CC1CC1)C(N)=O)N=C2c1ccccc1. The van der Waals surface area contributed by atoms with Gasteiger partial charge in [-0.3, -0.25) is 14.4 Å². The summed E-state index contributed by atoms with van der Waals surface area (Å²) >= 11 is 0. The summed E-state index contributed by atoms with van der Waals surface area (Å²) in [4.78, 5) is 43.3. The van der Waals surface area contributed by atoms with Crippen molar-refractivity contribution in [3.8, 4) is 0 Å². The number of anilines is 1. The zero-order chi connectivity index (χ0) is 26.7. The first kappa shape index (κ1) is 26.4. The summed E-state index contributed by atoms with van der Waals surface area (Å²) in [5, 5.41) is 5.31. The highest BCUT2D eigenvalue weighted by Gasteiger charge is 2.41. The largest absolute Gasteiger partial charge is 0.389 e. The van der Waals surface area contributed by atoms with Crippen LogP contribution in [0.4, 0.5) is 18.9 Å². The van der Waals surface area contributed by atoms with Crippen molar-refractivity contribution in [3.63, 3.8) is 0 Å². The zero-order valence-corrected chi connectivity index (χ0v) is 20.3. The number of amides is 3. The van der Waals surface area contributed by atoms with Crippen molar-refractivity contribution < 1.29 is 27.6 Å². The summed E-state index contributed by atoms with van der Waals surface area (Å²) in [5.41, 5.74) is 8.64. The van der Waals surface area contributed by atoms with Gasteiger partial charge in [0.25, 0.3) is 5.91 Å². The Morgan fingerprint density at radius 2 is 1.81 bits per heavy atom. The Bertz CT molecular complexity index is 1210. The highest BCUT2D eigenvalue weighted by atomic mass is 19.4. The molecule has 10 heteroatoms. The van der Waals surface area contributed by atoms with Gasteiger partial charge < -0.3 is 16.4 Å². The van der Waals surface area contributed by atoms with Crippen LogP contribution >= 0.6 is 0 Å². The molecule has 196 valence electrons. The molecule has 37 heavy (non-hydrogen) atoms. The number of hydrogen-bond donors (Lipinski definition) is 3. The quantitative estimate of drug-likeness (QED) is 0.468. The van der Waals surface area contributed by atoms with Gasteiger partial charge in [-0.1, -0.05) is 61.4 Å². The van der Waals surface area contributed by atoms with Gasteiger partial charge in [-0.15, -0.1) is 0 Å². The second-order valence-corrected chi connectivity index (χ2v) is 9.69. The fourth-order valence-corrected chi connectivity index (χ4v) is 4.67. The van der Waals surface area contributed by atoms with E-state index in [-0.39, 0.29) is 12.3 Å². The number of benzene rings is 2. The number of aryl methyl sites for hydroxylation is 1.